The summed E-state index contributed by atoms with van der Waals surface area (Å²) in [4.78, 5) is 11.8. The van der Waals surface area contributed by atoms with E-state index in [1.54, 1.807) is 0 Å². The molecule has 0 heterocycles. The van der Waals surface area contributed by atoms with Gasteiger partial charge in [0.05, 0.1) is 0 Å². The number of anilines is 1. The van der Waals surface area contributed by atoms with Crippen LogP contribution in [0.4, 0.5) is 10.5 Å². The minimum Gasteiger partial charge on any atom is -0.338 e. The van der Waals surface area contributed by atoms with E-state index in [0.717, 1.165) is 11.3 Å². The van der Waals surface area contributed by atoms with E-state index in [1.165, 1.54) is 0 Å². The lowest BCUT2D eigenvalue weighted by atomic mass is 9.82. The van der Waals surface area contributed by atoms with Crippen LogP contribution in [0.3, 0.4) is 0 Å². The highest BCUT2D eigenvalue weighted by molar-refractivity contribution is 5.89. The zero-order chi connectivity index (χ0) is 14.5. The maximum Gasteiger partial charge on any atom is 0.319 e. The zero-order valence-corrected chi connectivity index (χ0v) is 12.3. The van der Waals surface area contributed by atoms with Crippen molar-refractivity contribution in [1.29, 1.82) is 0 Å². The summed E-state index contributed by atoms with van der Waals surface area (Å²) < 4.78 is 0. The van der Waals surface area contributed by atoms with Crippen LogP contribution in [0, 0.1) is 11.3 Å². The number of nitrogens with one attached hydrogen (secondary N) is 2. The molecule has 0 aromatic heterocycles. The zero-order valence-electron chi connectivity index (χ0n) is 12.3. The normalized spacial score (nSPS) is 12.9. The molecule has 1 aromatic carbocycles. The Labute approximate surface area is 115 Å². The SMILES string of the molecule is CC(CNC(=O)Nc1cccc(CN)c1)C(C)(C)C. The number of hydrogen-bond donors (Lipinski definition) is 3. The molecule has 2 amide bonds. The molecule has 4 N–H and O–H groups in total. The predicted octanol–water partition coefficient (Wildman–Crippen LogP) is 2.95. The molecule has 1 rings (SSSR count). The fourth-order valence-electron chi connectivity index (χ4n) is 1.50. The van der Waals surface area contributed by atoms with E-state index in [0.29, 0.717) is 19.0 Å². The van der Waals surface area contributed by atoms with Crippen molar-refractivity contribution in [2.75, 3.05) is 11.9 Å². The summed E-state index contributed by atoms with van der Waals surface area (Å²) in [6, 6.07) is 7.38. The lowest BCUT2D eigenvalue weighted by Gasteiger charge is -2.27. The Hall–Kier alpha value is -1.55. The minimum absolute atomic E-state index is 0.176. The molecule has 19 heavy (non-hydrogen) atoms. The first-order valence-corrected chi connectivity index (χ1v) is 6.67. The number of rotatable bonds is 4. The summed E-state index contributed by atoms with van der Waals surface area (Å²) >= 11 is 0. The lowest BCUT2D eigenvalue weighted by molar-refractivity contribution is 0.233. The second-order valence-electron chi connectivity index (χ2n) is 6.01. The Morgan fingerprint density at radius 2 is 2.05 bits per heavy atom. The minimum atomic E-state index is -0.176. The first kappa shape index (κ1) is 15.5. The van der Waals surface area contributed by atoms with Crippen molar-refractivity contribution in [3.05, 3.63) is 29.8 Å². The van der Waals surface area contributed by atoms with Gasteiger partial charge in [-0.1, -0.05) is 39.8 Å². The van der Waals surface area contributed by atoms with Gasteiger partial charge in [0, 0.05) is 18.8 Å². The molecule has 0 aliphatic rings. The third kappa shape index (κ3) is 5.30. The lowest BCUT2D eigenvalue weighted by Crippen LogP contribution is -2.36. The van der Waals surface area contributed by atoms with Crippen LogP contribution in [0.5, 0.6) is 0 Å². The maximum atomic E-state index is 11.8. The van der Waals surface area contributed by atoms with Crippen molar-refractivity contribution in [2.45, 2.75) is 34.2 Å². The van der Waals surface area contributed by atoms with Crippen LogP contribution < -0.4 is 16.4 Å². The molecule has 4 nitrogen and oxygen atoms in total. The Kier molecular flexibility index (Phi) is 5.36. The third-order valence-corrected chi connectivity index (χ3v) is 3.47. The number of carbonyl (C=O) groups excluding carboxylic acids is 1. The van der Waals surface area contributed by atoms with Crippen LogP contribution >= 0.6 is 0 Å². The highest BCUT2D eigenvalue weighted by atomic mass is 16.2. The van der Waals surface area contributed by atoms with Crippen molar-refractivity contribution in [2.24, 2.45) is 17.1 Å². The van der Waals surface area contributed by atoms with Gasteiger partial charge in [0.2, 0.25) is 0 Å². The standard InChI is InChI=1S/C15H25N3O/c1-11(15(2,3)4)10-17-14(19)18-13-7-5-6-12(8-13)9-16/h5-8,11H,9-10,16H2,1-4H3,(H2,17,18,19). The second-order valence-corrected chi connectivity index (χ2v) is 6.01. The van der Waals surface area contributed by atoms with Crippen molar-refractivity contribution >= 4 is 11.7 Å². The number of urea groups is 1. The summed E-state index contributed by atoms with van der Waals surface area (Å²) in [5.41, 5.74) is 7.52. The van der Waals surface area contributed by atoms with E-state index in [2.05, 4.69) is 38.3 Å². The molecule has 0 radical (unpaired) electrons. The van der Waals surface area contributed by atoms with Crippen LogP contribution in [0.25, 0.3) is 0 Å². The second kappa shape index (κ2) is 6.57. The Bertz CT molecular complexity index is 424. The van der Waals surface area contributed by atoms with E-state index in [-0.39, 0.29) is 11.4 Å². The van der Waals surface area contributed by atoms with Crippen LogP contribution in [0.15, 0.2) is 24.3 Å². The average molecular weight is 263 g/mol. The smallest absolute Gasteiger partial charge is 0.319 e. The largest absolute Gasteiger partial charge is 0.338 e. The summed E-state index contributed by atoms with van der Waals surface area (Å²) in [6.07, 6.45) is 0. The molecule has 0 fully saturated rings. The Morgan fingerprint density at radius 1 is 1.37 bits per heavy atom. The van der Waals surface area contributed by atoms with Crippen LogP contribution in [-0.4, -0.2) is 12.6 Å². The van der Waals surface area contributed by atoms with Gasteiger partial charge in [-0.25, -0.2) is 4.79 Å². The van der Waals surface area contributed by atoms with Gasteiger partial charge in [-0.05, 0) is 29.0 Å². The molecule has 1 aromatic rings. The van der Waals surface area contributed by atoms with E-state index in [4.69, 9.17) is 5.73 Å². The maximum absolute atomic E-state index is 11.8. The highest BCUT2D eigenvalue weighted by Gasteiger charge is 2.20. The number of benzene rings is 1. The van der Waals surface area contributed by atoms with Crippen molar-refractivity contribution < 1.29 is 4.79 Å². The first-order valence-electron chi connectivity index (χ1n) is 6.67. The number of carbonyl (C=O) groups is 1. The Morgan fingerprint density at radius 3 is 2.63 bits per heavy atom. The van der Waals surface area contributed by atoms with Gasteiger partial charge in [-0.2, -0.15) is 0 Å². The third-order valence-electron chi connectivity index (χ3n) is 3.47. The molecule has 0 bridgehead atoms. The van der Waals surface area contributed by atoms with E-state index < -0.39 is 0 Å². The number of amides is 2. The number of hydrogen-bond acceptors (Lipinski definition) is 2. The summed E-state index contributed by atoms with van der Waals surface area (Å²) in [6.45, 7) is 9.77. The van der Waals surface area contributed by atoms with Crippen molar-refractivity contribution in [3.63, 3.8) is 0 Å². The van der Waals surface area contributed by atoms with Crippen LogP contribution in [-0.2, 0) is 6.54 Å². The fourth-order valence-corrected chi connectivity index (χ4v) is 1.50. The van der Waals surface area contributed by atoms with E-state index in [9.17, 15) is 4.79 Å². The van der Waals surface area contributed by atoms with E-state index in [1.807, 2.05) is 24.3 Å². The summed E-state index contributed by atoms with van der Waals surface area (Å²) in [5.74, 6) is 0.411. The molecule has 0 saturated heterocycles. The molecule has 1 unspecified atom stereocenters. The van der Waals surface area contributed by atoms with Gasteiger partial charge >= 0.3 is 6.03 Å². The topological polar surface area (TPSA) is 67.2 Å². The highest BCUT2D eigenvalue weighted by Crippen LogP contribution is 2.24. The molecule has 4 heteroatoms. The van der Waals surface area contributed by atoms with Gasteiger partial charge < -0.3 is 16.4 Å². The quantitative estimate of drug-likeness (QED) is 0.782. The Balaban J connectivity index is 2.47. The fraction of sp³-hybridized carbons (Fsp3) is 0.533. The van der Waals surface area contributed by atoms with Gasteiger partial charge in [0.1, 0.15) is 0 Å². The molecular formula is C15H25N3O. The van der Waals surface area contributed by atoms with Crippen molar-refractivity contribution in [1.82, 2.24) is 5.32 Å². The molecule has 0 spiro atoms. The summed E-state index contributed by atoms with van der Waals surface area (Å²) in [5, 5.41) is 5.71. The van der Waals surface area contributed by atoms with Crippen molar-refractivity contribution in [3.8, 4) is 0 Å². The van der Waals surface area contributed by atoms with Gasteiger partial charge in [0.25, 0.3) is 0 Å². The molecule has 0 aliphatic carbocycles. The average Bonchev–Trinajstić information content (AvgIpc) is 2.35. The monoisotopic (exact) mass is 263 g/mol. The van der Waals surface area contributed by atoms with Crippen LogP contribution in [0.1, 0.15) is 33.3 Å². The van der Waals surface area contributed by atoms with Gasteiger partial charge in [0.15, 0.2) is 0 Å². The summed E-state index contributed by atoms with van der Waals surface area (Å²) in [7, 11) is 0. The van der Waals surface area contributed by atoms with E-state index >= 15 is 0 Å². The molecule has 0 saturated carbocycles. The van der Waals surface area contributed by atoms with Crippen LogP contribution in [0.2, 0.25) is 0 Å². The molecular weight excluding hydrogens is 238 g/mol. The van der Waals surface area contributed by atoms with Gasteiger partial charge in [-0.15, -0.1) is 0 Å². The molecule has 106 valence electrons. The molecule has 0 aliphatic heterocycles. The predicted molar refractivity (Wildman–Crippen MR) is 80.0 cm³/mol. The number of nitrogens with two attached hydrogens (primary N) is 1. The van der Waals surface area contributed by atoms with Gasteiger partial charge in [-0.3, -0.25) is 0 Å². The first-order chi connectivity index (χ1) is 8.82. The molecule has 1 atom stereocenters.